The molecule has 0 unspecified atom stereocenters. The summed E-state index contributed by atoms with van der Waals surface area (Å²) < 4.78 is 2.10. The van der Waals surface area contributed by atoms with Crippen LogP contribution in [-0.4, -0.2) is 21.8 Å². The van der Waals surface area contributed by atoms with Crippen molar-refractivity contribution < 1.29 is 4.79 Å². The zero-order valence-electron chi connectivity index (χ0n) is 16.9. The van der Waals surface area contributed by atoms with E-state index in [-0.39, 0.29) is 18.3 Å². The first-order valence-corrected chi connectivity index (χ1v) is 9.54. The van der Waals surface area contributed by atoms with Gasteiger partial charge >= 0.3 is 0 Å². The standard InChI is InChI=1S/C22H26N4O.ClH/c1-14-7-5-8-15(2)19(14)12-23-20-11-18(25-10-6-9-21(25)27)13-26-17(4)16(3)24-22(20)26;/h5,7-8,11,13,23H,6,9-10,12H2,1-4H3;1H. The van der Waals surface area contributed by atoms with E-state index in [1.165, 1.54) is 16.7 Å². The van der Waals surface area contributed by atoms with E-state index >= 15 is 0 Å². The fourth-order valence-corrected chi connectivity index (χ4v) is 3.87. The first-order chi connectivity index (χ1) is 13.0. The van der Waals surface area contributed by atoms with Crippen LogP contribution in [-0.2, 0) is 11.3 Å². The van der Waals surface area contributed by atoms with Gasteiger partial charge in [-0.2, -0.15) is 0 Å². The van der Waals surface area contributed by atoms with Gasteiger partial charge in [-0.3, -0.25) is 4.79 Å². The molecule has 148 valence electrons. The van der Waals surface area contributed by atoms with Gasteiger partial charge in [-0.1, -0.05) is 18.2 Å². The number of rotatable bonds is 4. The Morgan fingerprint density at radius 3 is 2.50 bits per heavy atom. The molecule has 1 aliphatic heterocycles. The van der Waals surface area contributed by atoms with Crippen molar-refractivity contribution in [1.82, 2.24) is 9.38 Å². The SMILES string of the molecule is Cc1cccc(C)c1CNc1cc(N2CCCC2=O)cn2c(C)c(C)nc12.Cl. The zero-order valence-corrected chi connectivity index (χ0v) is 17.7. The number of aromatic nitrogens is 2. The third-order valence-corrected chi connectivity index (χ3v) is 5.67. The number of hydrogen-bond acceptors (Lipinski definition) is 3. The van der Waals surface area contributed by atoms with Gasteiger partial charge in [-0.15, -0.1) is 12.4 Å². The van der Waals surface area contributed by atoms with Crippen LogP contribution >= 0.6 is 12.4 Å². The lowest BCUT2D eigenvalue weighted by molar-refractivity contribution is -0.117. The van der Waals surface area contributed by atoms with Gasteiger partial charge in [-0.25, -0.2) is 4.98 Å². The van der Waals surface area contributed by atoms with Crippen molar-refractivity contribution in [3.63, 3.8) is 0 Å². The van der Waals surface area contributed by atoms with E-state index in [2.05, 4.69) is 54.8 Å². The molecule has 0 radical (unpaired) electrons. The van der Waals surface area contributed by atoms with Crippen molar-refractivity contribution in [3.05, 3.63) is 58.5 Å². The highest BCUT2D eigenvalue weighted by Gasteiger charge is 2.23. The van der Waals surface area contributed by atoms with Crippen molar-refractivity contribution in [2.45, 2.75) is 47.1 Å². The number of nitrogens with zero attached hydrogens (tertiary/aromatic N) is 3. The number of hydrogen-bond donors (Lipinski definition) is 1. The lowest BCUT2D eigenvalue weighted by Gasteiger charge is -2.19. The van der Waals surface area contributed by atoms with Crippen LogP contribution in [0.25, 0.3) is 5.65 Å². The molecule has 1 fully saturated rings. The molecule has 1 aliphatic rings. The molecule has 0 atom stereocenters. The molecule has 28 heavy (non-hydrogen) atoms. The third-order valence-electron chi connectivity index (χ3n) is 5.67. The molecule has 0 aliphatic carbocycles. The minimum atomic E-state index is 0. The van der Waals surface area contributed by atoms with Gasteiger partial charge in [-0.05, 0) is 56.9 Å². The van der Waals surface area contributed by atoms with Gasteiger partial charge < -0.3 is 14.6 Å². The third kappa shape index (κ3) is 3.47. The maximum atomic E-state index is 12.3. The Labute approximate surface area is 172 Å². The lowest BCUT2D eigenvalue weighted by atomic mass is 10.0. The van der Waals surface area contributed by atoms with Crippen LogP contribution in [0.4, 0.5) is 11.4 Å². The number of fused-ring (bicyclic) bond motifs is 1. The van der Waals surface area contributed by atoms with E-state index in [1.54, 1.807) is 0 Å². The van der Waals surface area contributed by atoms with E-state index in [1.807, 2.05) is 18.0 Å². The maximum absolute atomic E-state index is 12.3. The Morgan fingerprint density at radius 2 is 1.86 bits per heavy atom. The summed E-state index contributed by atoms with van der Waals surface area (Å²) >= 11 is 0. The van der Waals surface area contributed by atoms with Crippen LogP contribution in [0.5, 0.6) is 0 Å². The first kappa shape index (κ1) is 20.2. The van der Waals surface area contributed by atoms with E-state index in [0.717, 1.165) is 47.9 Å². The summed E-state index contributed by atoms with van der Waals surface area (Å²) in [6, 6.07) is 8.44. The van der Waals surface area contributed by atoms with Crippen LogP contribution in [0.2, 0.25) is 0 Å². The van der Waals surface area contributed by atoms with Gasteiger partial charge in [0.05, 0.1) is 17.1 Å². The summed E-state index contributed by atoms with van der Waals surface area (Å²) in [7, 11) is 0. The monoisotopic (exact) mass is 398 g/mol. The van der Waals surface area contributed by atoms with Crippen molar-refractivity contribution in [3.8, 4) is 0 Å². The van der Waals surface area contributed by atoms with Gasteiger partial charge in [0, 0.05) is 31.4 Å². The predicted molar refractivity (Wildman–Crippen MR) is 117 cm³/mol. The molecule has 3 heterocycles. The number of aryl methyl sites for hydroxylation is 4. The Morgan fingerprint density at radius 1 is 1.14 bits per heavy atom. The van der Waals surface area contributed by atoms with E-state index < -0.39 is 0 Å². The summed E-state index contributed by atoms with van der Waals surface area (Å²) in [6.45, 7) is 9.90. The van der Waals surface area contributed by atoms with Crippen molar-refractivity contribution in [2.75, 3.05) is 16.8 Å². The molecule has 2 aromatic heterocycles. The lowest BCUT2D eigenvalue weighted by Crippen LogP contribution is -2.24. The Hall–Kier alpha value is -2.53. The van der Waals surface area contributed by atoms with Crippen LogP contribution in [0.15, 0.2) is 30.5 Å². The zero-order chi connectivity index (χ0) is 19.1. The number of amides is 1. The fourth-order valence-electron chi connectivity index (χ4n) is 3.87. The molecule has 1 aromatic carbocycles. The number of benzene rings is 1. The second-order valence-electron chi connectivity index (χ2n) is 7.46. The molecule has 6 heteroatoms. The molecule has 0 bridgehead atoms. The van der Waals surface area contributed by atoms with Gasteiger partial charge in [0.25, 0.3) is 0 Å². The van der Waals surface area contributed by atoms with Crippen molar-refractivity contribution in [1.29, 1.82) is 0 Å². The normalized spacial score (nSPS) is 13.9. The predicted octanol–water partition coefficient (Wildman–Crippen LogP) is 4.73. The molecular formula is C22H27ClN4O. The number of nitrogens with one attached hydrogen (secondary N) is 1. The highest BCUT2D eigenvalue weighted by Crippen LogP contribution is 2.29. The smallest absolute Gasteiger partial charge is 0.227 e. The summed E-state index contributed by atoms with van der Waals surface area (Å²) in [4.78, 5) is 18.9. The Balaban J connectivity index is 0.00000225. The molecule has 0 spiro atoms. The summed E-state index contributed by atoms with van der Waals surface area (Å²) in [5.41, 5.74) is 8.79. The first-order valence-electron chi connectivity index (χ1n) is 9.54. The number of halogens is 1. The molecule has 1 N–H and O–H groups in total. The largest absolute Gasteiger partial charge is 0.378 e. The van der Waals surface area contributed by atoms with Crippen LogP contribution < -0.4 is 10.2 Å². The average molecular weight is 399 g/mol. The molecular weight excluding hydrogens is 372 g/mol. The van der Waals surface area contributed by atoms with Crippen molar-refractivity contribution in [2.24, 2.45) is 0 Å². The molecule has 1 amide bonds. The number of carbonyl (C=O) groups is 1. The minimum absolute atomic E-state index is 0. The van der Waals surface area contributed by atoms with Crippen molar-refractivity contribution >= 4 is 35.3 Å². The van der Waals surface area contributed by atoms with E-state index in [4.69, 9.17) is 4.98 Å². The summed E-state index contributed by atoms with van der Waals surface area (Å²) in [5, 5.41) is 3.58. The second kappa shape index (κ2) is 7.84. The van der Waals surface area contributed by atoms with Crippen LogP contribution in [0.1, 0.15) is 40.9 Å². The quantitative estimate of drug-likeness (QED) is 0.691. The van der Waals surface area contributed by atoms with Gasteiger partial charge in [0.2, 0.25) is 5.91 Å². The summed E-state index contributed by atoms with van der Waals surface area (Å²) in [5.74, 6) is 0.199. The Bertz CT molecular complexity index is 1020. The number of imidazole rings is 1. The number of anilines is 2. The Kier molecular flexibility index (Phi) is 5.66. The van der Waals surface area contributed by atoms with Gasteiger partial charge in [0.15, 0.2) is 5.65 Å². The molecule has 3 aromatic rings. The van der Waals surface area contributed by atoms with E-state index in [9.17, 15) is 4.79 Å². The maximum Gasteiger partial charge on any atom is 0.227 e. The van der Waals surface area contributed by atoms with Crippen LogP contribution in [0, 0.1) is 27.7 Å². The van der Waals surface area contributed by atoms with Crippen LogP contribution in [0.3, 0.4) is 0 Å². The topological polar surface area (TPSA) is 49.6 Å². The highest BCUT2D eigenvalue weighted by atomic mass is 35.5. The number of pyridine rings is 1. The fraction of sp³-hybridized carbons (Fsp3) is 0.364. The van der Waals surface area contributed by atoms with Gasteiger partial charge in [0.1, 0.15) is 0 Å². The van der Waals surface area contributed by atoms with E-state index in [0.29, 0.717) is 6.42 Å². The molecule has 0 saturated carbocycles. The summed E-state index contributed by atoms with van der Waals surface area (Å²) in [6.07, 6.45) is 3.59. The number of carbonyl (C=O) groups excluding carboxylic acids is 1. The molecule has 5 nitrogen and oxygen atoms in total. The highest BCUT2D eigenvalue weighted by molar-refractivity contribution is 5.96. The average Bonchev–Trinajstić information content (AvgIpc) is 3.18. The molecule has 1 saturated heterocycles. The second-order valence-corrected chi connectivity index (χ2v) is 7.46. The minimum Gasteiger partial charge on any atom is -0.378 e. The molecule has 4 rings (SSSR count).